The Labute approximate surface area is 102 Å². The summed E-state index contributed by atoms with van der Waals surface area (Å²) in [6.07, 6.45) is 2.80. The van der Waals surface area contributed by atoms with Crippen molar-refractivity contribution in [3.63, 3.8) is 0 Å². The highest BCUT2D eigenvalue weighted by molar-refractivity contribution is 5.86. The Hall–Kier alpha value is -1.77. The first-order valence-corrected chi connectivity index (χ1v) is 5.72. The molecule has 0 radical (unpaired) electrons. The van der Waals surface area contributed by atoms with E-state index < -0.39 is 5.97 Å². The molecule has 0 fully saturated rings. The molecule has 0 aliphatic heterocycles. The summed E-state index contributed by atoms with van der Waals surface area (Å²) in [5, 5.41) is 8.65. The summed E-state index contributed by atoms with van der Waals surface area (Å²) < 4.78 is 0. The molecule has 1 N–H and O–H groups in total. The molecule has 1 aromatic rings. The number of anilines is 1. The van der Waals surface area contributed by atoms with E-state index in [1.807, 2.05) is 31.3 Å². The average Bonchev–Trinajstić information content (AvgIpc) is 2.25. The van der Waals surface area contributed by atoms with Crippen molar-refractivity contribution in [1.29, 1.82) is 0 Å². The van der Waals surface area contributed by atoms with Crippen molar-refractivity contribution in [2.24, 2.45) is 5.92 Å². The van der Waals surface area contributed by atoms with Gasteiger partial charge in [0.1, 0.15) is 0 Å². The van der Waals surface area contributed by atoms with Gasteiger partial charge in [-0.25, -0.2) is 4.79 Å². The second-order valence-electron chi connectivity index (χ2n) is 4.50. The fourth-order valence-electron chi connectivity index (χ4n) is 1.78. The summed E-state index contributed by atoms with van der Waals surface area (Å²) in [4.78, 5) is 12.7. The molecule has 0 aromatic heterocycles. The number of nitrogens with zero attached hydrogens (tertiary/aromatic N) is 1. The maximum atomic E-state index is 10.5. The molecule has 0 bridgehead atoms. The molecular formula is C14H19NO2. The van der Waals surface area contributed by atoms with Crippen LogP contribution in [0.25, 0.3) is 6.08 Å². The number of hydrogen-bond donors (Lipinski definition) is 1. The van der Waals surface area contributed by atoms with Crippen LogP contribution in [0.3, 0.4) is 0 Å². The molecule has 0 saturated heterocycles. The van der Waals surface area contributed by atoms with Crippen LogP contribution in [0.15, 0.2) is 30.3 Å². The van der Waals surface area contributed by atoms with Crippen molar-refractivity contribution in [2.75, 3.05) is 18.5 Å². The monoisotopic (exact) mass is 233 g/mol. The number of rotatable bonds is 5. The van der Waals surface area contributed by atoms with E-state index >= 15 is 0 Å². The average molecular weight is 233 g/mol. The number of aliphatic carboxylic acids is 1. The molecule has 17 heavy (non-hydrogen) atoms. The van der Waals surface area contributed by atoms with Crippen LogP contribution in [0, 0.1) is 5.92 Å². The minimum absolute atomic E-state index is 0.566. The van der Waals surface area contributed by atoms with E-state index in [9.17, 15) is 4.79 Å². The van der Waals surface area contributed by atoms with Gasteiger partial charge >= 0.3 is 5.97 Å². The van der Waals surface area contributed by atoms with Crippen LogP contribution in [0.4, 0.5) is 5.69 Å². The fraction of sp³-hybridized carbons (Fsp3) is 0.357. The normalized spacial score (nSPS) is 11.1. The lowest BCUT2D eigenvalue weighted by Gasteiger charge is -2.23. The van der Waals surface area contributed by atoms with Crippen molar-refractivity contribution in [3.05, 3.63) is 35.9 Å². The minimum atomic E-state index is -0.925. The molecule has 0 aliphatic carbocycles. The van der Waals surface area contributed by atoms with Crippen molar-refractivity contribution in [2.45, 2.75) is 13.8 Å². The molecule has 92 valence electrons. The van der Waals surface area contributed by atoms with Gasteiger partial charge in [0.15, 0.2) is 0 Å². The van der Waals surface area contributed by atoms with E-state index in [4.69, 9.17) is 5.11 Å². The molecular weight excluding hydrogens is 214 g/mol. The smallest absolute Gasteiger partial charge is 0.328 e. The molecule has 0 spiro atoms. The first-order valence-electron chi connectivity index (χ1n) is 5.72. The summed E-state index contributed by atoms with van der Waals surface area (Å²) in [5.41, 5.74) is 1.98. The largest absolute Gasteiger partial charge is 0.478 e. The molecule has 0 aliphatic rings. The molecule has 3 nitrogen and oxygen atoms in total. The lowest BCUT2D eigenvalue weighted by molar-refractivity contribution is -0.131. The van der Waals surface area contributed by atoms with Gasteiger partial charge in [-0.05, 0) is 23.6 Å². The van der Waals surface area contributed by atoms with Gasteiger partial charge in [0.2, 0.25) is 0 Å². The lowest BCUT2D eigenvalue weighted by atomic mass is 10.1. The number of hydrogen-bond acceptors (Lipinski definition) is 2. The lowest BCUT2D eigenvalue weighted by Crippen LogP contribution is -2.23. The maximum absolute atomic E-state index is 10.5. The standard InChI is InChI=1S/C14H19NO2/c1-11(2)10-15(3)13-7-5-4-6-12(13)8-9-14(16)17/h4-9,11H,10H2,1-3H3,(H,16,17)/b9-8+. The third-order valence-electron chi connectivity index (χ3n) is 2.39. The first kappa shape index (κ1) is 13.3. The second kappa shape index (κ2) is 6.09. The Kier molecular flexibility index (Phi) is 4.76. The van der Waals surface area contributed by atoms with Crippen LogP contribution in [0.5, 0.6) is 0 Å². The van der Waals surface area contributed by atoms with Gasteiger partial charge < -0.3 is 10.0 Å². The van der Waals surface area contributed by atoms with Gasteiger partial charge in [-0.2, -0.15) is 0 Å². The van der Waals surface area contributed by atoms with Crippen molar-refractivity contribution < 1.29 is 9.90 Å². The van der Waals surface area contributed by atoms with Gasteiger partial charge in [0, 0.05) is 25.4 Å². The minimum Gasteiger partial charge on any atom is -0.478 e. The van der Waals surface area contributed by atoms with Crippen molar-refractivity contribution in [1.82, 2.24) is 0 Å². The highest BCUT2D eigenvalue weighted by Crippen LogP contribution is 2.21. The zero-order valence-corrected chi connectivity index (χ0v) is 10.6. The fourth-order valence-corrected chi connectivity index (χ4v) is 1.78. The van der Waals surface area contributed by atoms with Crippen molar-refractivity contribution in [3.8, 4) is 0 Å². The number of benzene rings is 1. The van der Waals surface area contributed by atoms with E-state index in [1.54, 1.807) is 6.08 Å². The van der Waals surface area contributed by atoms with Gasteiger partial charge in [0.25, 0.3) is 0 Å². The zero-order valence-electron chi connectivity index (χ0n) is 10.6. The van der Waals surface area contributed by atoms with Gasteiger partial charge in [-0.3, -0.25) is 0 Å². The van der Waals surface area contributed by atoms with E-state index in [0.717, 1.165) is 17.8 Å². The quantitative estimate of drug-likeness (QED) is 0.795. The Morgan fingerprint density at radius 3 is 2.65 bits per heavy atom. The highest BCUT2D eigenvalue weighted by Gasteiger charge is 2.06. The Morgan fingerprint density at radius 1 is 1.41 bits per heavy atom. The molecule has 0 saturated carbocycles. The number of carboxylic acids is 1. The maximum Gasteiger partial charge on any atom is 0.328 e. The van der Waals surface area contributed by atoms with Gasteiger partial charge in [0.05, 0.1) is 0 Å². The Morgan fingerprint density at radius 2 is 2.06 bits per heavy atom. The predicted octanol–water partition coefficient (Wildman–Crippen LogP) is 2.88. The summed E-state index contributed by atoms with van der Waals surface area (Å²) in [6.45, 7) is 5.26. The molecule has 1 rings (SSSR count). The number of para-hydroxylation sites is 1. The van der Waals surface area contributed by atoms with E-state index in [0.29, 0.717) is 5.92 Å². The highest BCUT2D eigenvalue weighted by atomic mass is 16.4. The summed E-state index contributed by atoms with van der Waals surface area (Å²) >= 11 is 0. The van der Waals surface area contributed by atoms with E-state index in [1.165, 1.54) is 6.08 Å². The van der Waals surface area contributed by atoms with E-state index in [2.05, 4.69) is 18.7 Å². The van der Waals surface area contributed by atoms with Crippen molar-refractivity contribution >= 4 is 17.7 Å². The van der Waals surface area contributed by atoms with Crippen LogP contribution in [0.2, 0.25) is 0 Å². The molecule has 1 aromatic carbocycles. The third-order valence-corrected chi connectivity index (χ3v) is 2.39. The Bertz CT molecular complexity index is 410. The molecule has 0 amide bonds. The SMILES string of the molecule is CC(C)CN(C)c1ccccc1/C=C/C(=O)O. The van der Waals surface area contributed by atoms with Crippen LogP contribution in [-0.2, 0) is 4.79 Å². The van der Waals surface area contributed by atoms with Crippen LogP contribution < -0.4 is 4.90 Å². The summed E-state index contributed by atoms with van der Waals surface area (Å²) in [7, 11) is 2.02. The molecule has 0 heterocycles. The predicted molar refractivity (Wildman–Crippen MR) is 71.2 cm³/mol. The van der Waals surface area contributed by atoms with Gasteiger partial charge in [-0.1, -0.05) is 32.0 Å². The van der Waals surface area contributed by atoms with Crippen LogP contribution in [-0.4, -0.2) is 24.7 Å². The van der Waals surface area contributed by atoms with E-state index in [-0.39, 0.29) is 0 Å². The number of carbonyl (C=O) groups is 1. The zero-order chi connectivity index (χ0) is 12.8. The topological polar surface area (TPSA) is 40.5 Å². The molecule has 0 atom stereocenters. The third kappa shape index (κ3) is 4.31. The van der Waals surface area contributed by atoms with Crippen LogP contribution >= 0.6 is 0 Å². The molecule has 0 unspecified atom stereocenters. The summed E-state index contributed by atoms with van der Waals surface area (Å²) in [5.74, 6) is -0.358. The Balaban J connectivity index is 2.95. The first-order chi connectivity index (χ1) is 8.00. The van der Waals surface area contributed by atoms with Gasteiger partial charge in [-0.15, -0.1) is 0 Å². The molecule has 3 heteroatoms. The summed E-state index contributed by atoms with van der Waals surface area (Å²) in [6, 6.07) is 7.80. The van der Waals surface area contributed by atoms with Crippen LogP contribution in [0.1, 0.15) is 19.4 Å². The number of carboxylic acid groups (broad SMARTS) is 1. The second-order valence-corrected chi connectivity index (χ2v) is 4.50.